The van der Waals surface area contributed by atoms with Crippen LogP contribution < -0.4 is 0 Å². The van der Waals surface area contributed by atoms with Crippen molar-refractivity contribution < 1.29 is 23.6 Å². The van der Waals surface area contributed by atoms with Crippen LogP contribution in [0.4, 0.5) is 0 Å². The highest BCUT2D eigenvalue weighted by Crippen LogP contribution is 2.38. The number of hydrogen-bond donors (Lipinski definition) is 0. The highest BCUT2D eigenvalue weighted by atomic mass is 16.5. The number of allylic oxidation sites excluding steroid dienone is 2. The van der Waals surface area contributed by atoms with Crippen LogP contribution in [0.3, 0.4) is 0 Å². The third kappa shape index (κ3) is 4.87. The second kappa shape index (κ2) is 9.53. The van der Waals surface area contributed by atoms with E-state index in [1.807, 2.05) is 44.2 Å². The SMILES string of the molecule is CC1(C)CC(=O)c2c(CCC(=O)C3=C(N4CCOCC4)CC(c4ccccc4)CC3=O)noc2C1. The van der Waals surface area contributed by atoms with Crippen LogP contribution in [-0.4, -0.2) is 53.7 Å². The van der Waals surface area contributed by atoms with Crippen LogP contribution in [0, 0.1) is 5.41 Å². The largest absolute Gasteiger partial charge is 0.378 e. The molecule has 1 unspecified atom stereocenters. The monoisotopic (exact) mass is 476 g/mol. The molecular weight excluding hydrogens is 444 g/mol. The minimum absolute atomic E-state index is 0.0209. The third-order valence-corrected chi connectivity index (χ3v) is 7.36. The van der Waals surface area contributed by atoms with Gasteiger partial charge in [-0.3, -0.25) is 14.4 Å². The summed E-state index contributed by atoms with van der Waals surface area (Å²) in [5.41, 5.74) is 3.20. The lowest BCUT2D eigenvalue weighted by Crippen LogP contribution is -2.40. The molecule has 3 aliphatic rings. The lowest BCUT2D eigenvalue weighted by atomic mass is 9.75. The maximum absolute atomic E-state index is 13.5. The van der Waals surface area contributed by atoms with E-state index < -0.39 is 0 Å². The minimum Gasteiger partial charge on any atom is -0.378 e. The Labute approximate surface area is 205 Å². The Hall–Kier alpha value is -3.06. The molecule has 1 fully saturated rings. The first-order chi connectivity index (χ1) is 16.8. The number of fused-ring (bicyclic) bond motifs is 1. The Balaban J connectivity index is 1.39. The molecule has 1 saturated heterocycles. The van der Waals surface area contributed by atoms with Crippen LogP contribution >= 0.6 is 0 Å². The van der Waals surface area contributed by atoms with Crippen molar-refractivity contribution in [2.45, 2.75) is 58.3 Å². The molecule has 0 radical (unpaired) electrons. The number of aromatic nitrogens is 1. The molecule has 2 aliphatic carbocycles. The summed E-state index contributed by atoms with van der Waals surface area (Å²) in [6.07, 6.45) is 2.49. The van der Waals surface area contributed by atoms with Gasteiger partial charge in [0.05, 0.1) is 30.0 Å². The zero-order valence-corrected chi connectivity index (χ0v) is 20.5. The number of benzene rings is 1. The molecule has 35 heavy (non-hydrogen) atoms. The standard InChI is InChI=1S/C28H32N2O5/c1-28(2)16-24(33)26-20(29-35-25(26)17-28)8-9-22(31)27-21(30-10-12-34-13-11-30)14-19(15-23(27)32)18-6-4-3-5-7-18/h3-7,19H,8-17H2,1-2H3. The number of rotatable bonds is 6. The molecule has 7 heteroatoms. The Kier molecular flexibility index (Phi) is 6.45. The van der Waals surface area contributed by atoms with E-state index >= 15 is 0 Å². The van der Waals surface area contributed by atoms with Crippen LogP contribution in [0.1, 0.15) is 72.8 Å². The zero-order valence-electron chi connectivity index (χ0n) is 20.5. The predicted octanol–water partition coefficient (Wildman–Crippen LogP) is 4.06. The average Bonchev–Trinajstić information content (AvgIpc) is 3.25. The van der Waals surface area contributed by atoms with Crippen molar-refractivity contribution in [1.29, 1.82) is 0 Å². The molecule has 1 aromatic heterocycles. The first-order valence-corrected chi connectivity index (χ1v) is 12.5. The van der Waals surface area contributed by atoms with Crippen molar-refractivity contribution in [3.8, 4) is 0 Å². The van der Waals surface area contributed by atoms with Crippen LogP contribution in [0.2, 0.25) is 0 Å². The van der Waals surface area contributed by atoms with Gasteiger partial charge in [0.25, 0.3) is 0 Å². The minimum atomic E-state index is -0.177. The molecule has 0 amide bonds. The van der Waals surface area contributed by atoms with Gasteiger partial charge in [-0.2, -0.15) is 0 Å². The number of nitrogens with zero attached hydrogens (tertiary/aromatic N) is 2. The molecule has 0 N–H and O–H groups in total. The fourth-order valence-corrected chi connectivity index (χ4v) is 5.64. The number of ether oxygens (including phenoxy) is 1. The number of carbonyl (C=O) groups is 3. The van der Waals surface area contributed by atoms with Crippen LogP contribution in [-0.2, 0) is 27.2 Å². The number of ketones is 3. The normalized spacial score (nSPS) is 22.3. The van der Waals surface area contributed by atoms with Gasteiger partial charge in [0.15, 0.2) is 17.3 Å². The number of aryl methyl sites for hydroxylation is 1. The van der Waals surface area contributed by atoms with Gasteiger partial charge >= 0.3 is 0 Å². The van der Waals surface area contributed by atoms with E-state index in [0.29, 0.717) is 81.0 Å². The maximum Gasteiger partial charge on any atom is 0.168 e. The van der Waals surface area contributed by atoms with Gasteiger partial charge < -0.3 is 14.2 Å². The molecule has 0 saturated carbocycles. The van der Waals surface area contributed by atoms with Gasteiger partial charge in [0.2, 0.25) is 0 Å². The van der Waals surface area contributed by atoms with E-state index in [-0.39, 0.29) is 35.1 Å². The summed E-state index contributed by atoms with van der Waals surface area (Å²) in [6, 6.07) is 10.0. The first kappa shape index (κ1) is 23.7. The molecule has 1 atom stereocenters. The Morgan fingerprint density at radius 1 is 1.06 bits per heavy atom. The Morgan fingerprint density at radius 3 is 2.54 bits per heavy atom. The van der Waals surface area contributed by atoms with Gasteiger partial charge in [-0.15, -0.1) is 0 Å². The van der Waals surface area contributed by atoms with Gasteiger partial charge in [0.1, 0.15) is 5.76 Å². The second-order valence-electron chi connectivity index (χ2n) is 10.7. The Bertz CT molecular complexity index is 1170. The molecule has 1 aliphatic heterocycles. The molecule has 7 nitrogen and oxygen atoms in total. The van der Waals surface area contributed by atoms with Crippen molar-refractivity contribution in [1.82, 2.24) is 10.1 Å². The molecule has 5 rings (SSSR count). The van der Waals surface area contributed by atoms with Crippen molar-refractivity contribution in [3.05, 3.63) is 64.2 Å². The fourth-order valence-electron chi connectivity index (χ4n) is 5.64. The summed E-state index contributed by atoms with van der Waals surface area (Å²) < 4.78 is 11.0. The predicted molar refractivity (Wildman–Crippen MR) is 129 cm³/mol. The molecule has 0 spiro atoms. The first-order valence-electron chi connectivity index (χ1n) is 12.5. The molecule has 1 aromatic carbocycles. The smallest absolute Gasteiger partial charge is 0.168 e. The van der Waals surface area contributed by atoms with Gasteiger partial charge in [-0.1, -0.05) is 49.3 Å². The summed E-state index contributed by atoms with van der Waals surface area (Å²) in [7, 11) is 0. The van der Waals surface area contributed by atoms with Crippen molar-refractivity contribution >= 4 is 17.3 Å². The molecular formula is C28H32N2O5. The maximum atomic E-state index is 13.5. The van der Waals surface area contributed by atoms with Crippen molar-refractivity contribution in [2.24, 2.45) is 5.41 Å². The second-order valence-corrected chi connectivity index (χ2v) is 10.7. The molecule has 184 valence electrons. The number of Topliss-reactive ketones (excluding diaryl/α,β-unsaturated/α-hetero) is 3. The van der Waals surface area contributed by atoms with E-state index in [2.05, 4.69) is 10.1 Å². The van der Waals surface area contributed by atoms with Crippen molar-refractivity contribution in [2.75, 3.05) is 26.3 Å². The van der Waals surface area contributed by atoms with Gasteiger partial charge in [-0.05, 0) is 23.3 Å². The van der Waals surface area contributed by atoms with Crippen LogP contribution in [0.25, 0.3) is 0 Å². The van der Waals surface area contributed by atoms with E-state index in [1.165, 1.54) is 0 Å². The van der Waals surface area contributed by atoms with E-state index in [1.54, 1.807) is 0 Å². The topological polar surface area (TPSA) is 89.7 Å². The molecule has 2 heterocycles. The summed E-state index contributed by atoms with van der Waals surface area (Å²) in [5, 5.41) is 4.13. The lowest BCUT2D eigenvalue weighted by molar-refractivity contribution is -0.122. The van der Waals surface area contributed by atoms with E-state index in [9.17, 15) is 14.4 Å². The summed E-state index contributed by atoms with van der Waals surface area (Å²) in [4.78, 5) is 41.7. The van der Waals surface area contributed by atoms with Crippen LogP contribution in [0.15, 0.2) is 46.1 Å². The van der Waals surface area contributed by atoms with Gasteiger partial charge in [-0.25, -0.2) is 0 Å². The highest BCUT2D eigenvalue weighted by molar-refractivity contribution is 6.21. The average molecular weight is 477 g/mol. The summed E-state index contributed by atoms with van der Waals surface area (Å²) >= 11 is 0. The Morgan fingerprint density at radius 2 is 1.80 bits per heavy atom. The van der Waals surface area contributed by atoms with Crippen LogP contribution in [0.5, 0.6) is 0 Å². The number of hydrogen-bond acceptors (Lipinski definition) is 7. The fraction of sp³-hybridized carbons (Fsp3) is 0.500. The van der Waals surface area contributed by atoms with E-state index in [0.717, 1.165) is 11.3 Å². The van der Waals surface area contributed by atoms with E-state index in [4.69, 9.17) is 9.26 Å². The zero-order chi connectivity index (χ0) is 24.6. The third-order valence-electron chi connectivity index (χ3n) is 7.36. The number of morpholine rings is 1. The van der Waals surface area contributed by atoms with Gasteiger partial charge in [0, 0.05) is 50.9 Å². The molecule has 0 bridgehead atoms. The lowest BCUT2D eigenvalue weighted by Gasteiger charge is -2.36. The summed E-state index contributed by atoms with van der Waals surface area (Å²) in [5.74, 6) is 0.413. The van der Waals surface area contributed by atoms with Crippen molar-refractivity contribution in [3.63, 3.8) is 0 Å². The molecule has 2 aromatic rings. The number of carbonyl (C=O) groups excluding carboxylic acids is 3. The quantitative estimate of drug-likeness (QED) is 0.581. The summed E-state index contributed by atoms with van der Waals surface area (Å²) in [6.45, 7) is 6.58. The highest BCUT2D eigenvalue weighted by Gasteiger charge is 2.38.